The summed E-state index contributed by atoms with van der Waals surface area (Å²) < 4.78 is 1.94. The van der Waals surface area contributed by atoms with Gasteiger partial charge in [0.25, 0.3) is 0 Å². The van der Waals surface area contributed by atoms with Gasteiger partial charge in [-0.2, -0.15) is 0 Å². The van der Waals surface area contributed by atoms with Gasteiger partial charge in [0, 0.05) is 25.0 Å². The lowest BCUT2D eigenvalue weighted by Crippen LogP contribution is -2.27. The number of nitrogens with zero attached hydrogens (tertiary/aromatic N) is 3. The van der Waals surface area contributed by atoms with Crippen molar-refractivity contribution >= 4 is 29.3 Å². The van der Waals surface area contributed by atoms with Crippen LogP contribution < -0.4 is 5.32 Å². The van der Waals surface area contributed by atoms with Crippen molar-refractivity contribution in [1.29, 1.82) is 0 Å². The van der Waals surface area contributed by atoms with Crippen LogP contribution in [0.2, 0.25) is 5.02 Å². The number of nitrogens with one attached hydrogen (secondary N) is 1. The average molecular weight is 401 g/mol. The molecule has 0 aliphatic rings. The van der Waals surface area contributed by atoms with Crippen LogP contribution in [0.1, 0.15) is 17.0 Å². The van der Waals surface area contributed by atoms with Gasteiger partial charge in [0.2, 0.25) is 5.91 Å². The van der Waals surface area contributed by atoms with E-state index in [1.807, 2.05) is 54.1 Å². The zero-order valence-corrected chi connectivity index (χ0v) is 16.6. The molecule has 27 heavy (non-hydrogen) atoms. The van der Waals surface area contributed by atoms with Crippen LogP contribution in [0.3, 0.4) is 0 Å². The number of carbonyl (C=O) groups is 1. The van der Waals surface area contributed by atoms with Crippen molar-refractivity contribution in [3.63, 3.8) is 0 Å². The molecule has 0 spiro atoms. The summed E-state index contributed by atoms with van der Waals surface area (Å²) in [6.07, 6.45) is 1.47. The summed E-state index contributed by atoms with van der Waals surface area (Å²) >= 11 is 7.36. The van der Waals surface area contributed by atoms with E-state index in [0.29, 0.717) is 17.3 Å². The molecule has 140 valence electrons. The number of hydrogen-bond donors (Lipinski definition) is 1. The quantitative estimate of drug-likeness (QED) is 0.588. The molecule has 0 fully saturated rings. The third-order valence-corrected chi connectivity index (χ3v) is 5.34. The first-order valence-electron chi connectivity index (χ1n) is 8.68. The molecule has 2 aromatic carbocycles. The van der Waals surface area contributed by atoms with Crippen LogP contribution in [0.15, 0.2) is 59.8 Å². The zero-order valence-electron chi connectivity index (χ0n) is 15.1. The predicted octanol–water partition coefficient (Wildman–Crippen LogP) is 3.51. The van der Waals surface area contributed by atoms with E-state index in [1.54, 1.807) is 0 Å². The van der Waals surface area contributed by atoms with E-state index in [2.05, 4.69) is 27.6 Å². The molecule has 1 amide bonds. The molecule has 1 aromatic heterocycles. The van der Waals surface area contributed by atoms with E-state index < -0.39 is 0 Å². The Hall–Kier alpha value is -2.31. The van der Waals surface area contributed by atoms with Crippen molar-refractivity contribution in [2.45, 2.75) is 18.0 Å². The van der Waals surface area contributed by atoms with Crippen LogP contribution >= 0.6 is 23.4 Å². The Balaban J connectivity index is 1.45. The standard InChI is InChI=1S/C20H21ClN4OS/c1-25-18(13-15-6-3-2-4-7-15)23-24-20(25)27-14-19(26)22-11-10-16-8-5-9-17(21)12-16/h2-9,12H,10-11,13-14H2,1H3,(H,22,26). The fourth-order valence-electron chi connectivity index (χ4n) is 2.62. The van der Waals surface area contributed by atoms with Crippen molar-refractivity contribution in [1.82, 2.24) is 20.1 Å². The average Bonchev–Trinajstić information content (AvgIpc) is 3.01. The van der Waals surface area contributed by atoms with Crippen LogP contribution in [-0.2, 0) is 24.7 Å². The van der Waals surface area contributed by atoms with Crippen molar-refractivity contribution in [3.8, 4) is 0 Å². The maximum absolute atomic E-state index is 12.1. The molecule has 7 heteroatoms. The molecule has 0 radical (unpaired) electrons. The van der Waals surface area contributed by atoms with Crippen molar-refractivity contribution in [2.24, 2.45) is 7.05 Å². The molecule has 3 aromatic rings. The van der Waals surface area contributed by atoms with Crippen molar-refractivity contribution in [2.75, 3.05) is 12.3 Å². The molecule has 0 unspecified atom stereocenters. The zero-order chi connectivity index (χ0) is 19.1. The summed E-state index contributed by atoms with van der Waals surface area (Å²) in [5, 5.41) is 12.8. The Labute approximate surface area is 168 Å². The van der Waals surface area contributed by atoms with Gasteiger partial charge in [0.15, 0.2) is 5.16 Å². The molecule has 5 nitrogen and oxygen atoms in total. The molecular weight excluding hydrogens is 380 g/mol. The van der Waals surface area contributed by atoms with Gasteiger partial charge < -0.3 is 9.88 Å². The summed E-state index contributed by atoms with van der Waals surface area (Å²) in [5.41, 5.74) is 2.29. The first kappa shape index (κ1) is 19.5. The second-order valence-electron chi connectivity index (χ2n) is 6.14. The maximum Gasteiger partial charge on any atom is 0.230 e. The molecule has 0 atom stereocenters. The number of benzene rings is 2. The largest absolute Gasteiger partial charge is 0.355 e. The fourth-order valence-corrected chi connectivity index (χ4v) is 3.60. The summed E-state index contributed by atoms with van der Waals surface area (Å²) in [4.78, 5) is 12.1. The van der Waals surface area contributed by atoms with Gasteiger partial charge >= 0.3 is 0 Å². The Morgan fingerprint density at radius 2 is 1.89 bits per heavy atom. The smallest absolute Gasteiger partial charge is 0.230 e. The summed E-state index contributed by atoms with van der Waals surface area (Å²) in [6.45, 7) is 0.581. The molecule has 0 saturated heterocycles. The summed E-state index contributed by atoms with van der Waals surface area (Å²) in [5.74, 6) is 1.17. The Bertz CT molecular complexity index is 898. The lowest BCUT2D eigenvalue weighted by Gasteiger charge is -2.06. The minimum Gasteiger partial charge on any atom is -0.355 e. The third kappa shape index (κ3) is 5.84. The highest BCUT2D eigenvalue weighted by molar-refractivity contribution is 7.99. The van der Waals surface area contributed by atoms with Crippen LogP contribution in [0.5, 0.6) is 0 Å². The van der Waals surface area contributed by atoms with E-state index in [-0.39, 0.29) is 5.91 Å². The molecule has 0 aliphatic heterocycles. The Morgan fingerprint density at radius 1 is 1.11 bits per heavy atom. The van der Waals surface area contributed by atoms with E-state index in [1.165, 1.54) is 17.3 Å². The van der Waals surface area contributed by atoms with Gasteiger partial charge in [-0.15, -0.1) is 10.2 Å². The predicted molar refractivity (Wildman–Crippen MR) is 109 cm³/mol. The molecule has 1 N–H and O–H groups in total. The van der Waals surface area contributed by atoms with Gasteiger partial charge in [-0.1, -0.05) is 65.8 Å². The second-order valence-corrected chi connectivity index (χ2v) is 7.52. The molecule has 0 saturated carbocycles. The fraction of sp³-hybridized carbons (Fsp3) is 0.250. The number of hydrogen-bond acceptors (Lipinski definition) is 4. The van der Waals surface area contributed by atoms with E-state index in [9.17, 15) is 4.79 Å². The molecule has 0 aliphatic carbocycles. The highest BCUT2D eigenvalue weighted by atomic mass is 35.5. The number of rotatable bonds is 8. The van der Waals surface area contributed by atoms with Crippen molar-refractivity contribution < 1.29 is 4.79 Å². The van der Waals surface area contributed by atoms with Gasteiger partial charge in [-0.3, -0.25) is 4.79 Å². The SMILES string of the molecule is Cn1c(Cc2ccccc2)nnc1SCC(=O)NCCc1cccc(Cl)c1. The minimum atomic E-state index is -0.0189. The van der Waals surface area contributed by atoms with Gasteiger partial charge in [-0.25, -0.2) is 0 Å². The monoisotopic (exact) mass is 400 g/mol. The highest BCUT2D eigenvalue weighted by Gasteiger charge is 2.11. The van der Waals surface area contributed by atoms with Crippen LogP contribution in [0, 0.1) is 0 Å². The molecule has 3 rings (SSSR count). The second kappa shape index (κ2) is 9.58. The number of carbonyl (C=O) groups excluding carboxylic acids is 1. The lowest BCUT2D eigenvalue weighted by molar-refractivity contribution is -0.118. The first-order valence-corrected chi connectivity index (χ1v) is 10.0. The lowest BCUT2D eigenvalue weighted by atomic mass is 10.1. The van der Waals surface area contributed by atoms with Gasteiger partial charge in [0.1, 0.15) is 5.82 Å². The molecular formula is C20H21ClN4OS. The Morgan fingerprint density at radius 3 is 2.67 bits per heavy atom. The van der Waals surface area contributed by atoms with Crippen LogP contribution in [0.4, 0.5) is 0 Å². The highest BCUT2D eigenvalue weighted by Crippen LogP contribution is 2.17. The topological polar surface area (TPSA) is 59.8 Å². The first-order chi connectivity index (χ1) is 13.1. The van der Waals surface area contributed by atoms with Crippen LogP contribution in [0.25, 0.3) is 0 Å². The van der Waals surface area contributed by atoms with E-state index >= 15 is 0 Å². The number of halogens is 1. The third-order valence-electron chi connectivity index (χ3n) is 4.09. The number of amides is 1. The molecule has 1 heterocycles. The number of aromatic nitrogens is 3. The molecule has 0 bridgehead atoms. The van der Waals surface area contributed by atoms with E-state index in [0.717, 1.165) is 29.4 Å². The minimum absolute atomic E-state index is 0.0189. The maximum atomic E-state index is 12.1. The van der Waals surface area contributed by atoms with Gasteiger partial charge in [0.05, 0.1) is 5.75 Å². The van der Waals surface area contributed by atoms with Crippen molar-refractivity contribution in [3.05, 3.63) is 76.6 Å². The summed E-state index contributed by atoms with van der Waals surface area (Å²) in [7, 11) is 1.93. The van der Waals surface area contributed by atoms with Crippen LogP contribution in [-0.4, -0.2) is 33.0 Å². The summed E-state index contributed by atoms with van der Waals surface area (Å²) in [6, 6.07) is 17.8. The Kier molecular flexibility index (Phi) is 6.90. The number of thioether (sulfide) groups is 1. The van der Waals surface area contributed by atoms with Gasteiger partial charge in [-0.05, 0) is 29.7 Å². The van der Waals surface area contributed by atoms with E-state index in [4.69, 9.17) is 11.6 Å². The normalized spacial score (nSPS) is 10.7.